The summed E-state index contributed by atoms with van der Waals surface area (Å²) < 4.78 is 41.3. The van der Waals surface area contributed by atoms with Crippen LogP contribution in [0.3, 0.4) is 0 Å². The predicted octanol–water partition coefficient (Wildman–Crippen LogP) is -0.381. The number of nitrogens with zero attached hydrogens (tertiary/aromatic N) is 5. The van der Waals surface area contributed by atoms with E-state index in [2.05, 4.69) is 25.3 Å². The molecule has 13 nitrogen and oxygen atoms in total. The Morgan fingerprint density at radius 2 is 1.86 bits per heavy atom. The Morgan fingerprint density at radius 1 is 1.21 bits per heavy atom. The third kappa shape index (κ3) is 5.02. The average Bonchev–Trinajstić information content (AvgIpc) is 3.15. The average molecular weight is 428 g/mol. The second-order valence-electron chi connectivity index (χ2n) is 5.87. The molecule has 29 heavy (non-hydrogen) atoms. The maximum absolute atomic E-state index is 13.0. The van der Waals surface area contributed by atoms with Crippen LogP contribution in [-0.4, -0.2) is 71.2 Å². The van der Waals surface area contributed by atoms with Gasteiger partial charge in [0.05, 0.1) is 5.69 Å². The Kier molecular flexibility index (Phi) is 6.02. The lowest BCUT2D eigenvalue weighted by Gasteiger charge is -2.32. The third-order valence-corrected chi connectivity index (χ3v) is 5.08. The number of hydroxylamine groups is 1. The second kappa shape index (κ2) is 8.48. The van der Waals surface area contributed by atoms with E-state index in [-0.39, 0.29) is 43.5 Å². The van der Waals surface area contributed by atoms with Gasteiger partial charge < -0.3 is 4.90 Å². The number of carbonyl (C=O) groups is 1. The van der Waals surface area contributed by atoms with Gasteiger partial charge in [0.1, 0.15) is 5.82 Å². The number of carbonyl (C=O) groups excluding carboxylic acids is 1. The zero-order valence-electron chi connectivity index (χ0n) is 14.8. The molecule has 15 heteroatoms. The summed E-state index contributed by atoms with van der Waals surface area (Å²) in [5.41, 5.74) is 2.02. The van der Waals surface area contributed by atoms with E-state index in [9.17, 15) is 22.8 Å². The minimum atomic E-state index is -3.82. The molecule has 1 fully saturated rings. The van der Waals surface area contributed by atoms with Crippen LogP contribution in [0, 0.1) is 5.82 Å². The van der Waals surface area contributed by atoms with Crippen LogP contribution in [0.15, 0.2) is 33.9 Å². The van der Waals surface area contributed by atoms with Gasteiger partial charge in [0.25, 0.3) is 10.2 Å². The van der Waals surface area contributed by atoms with E-state index in [1.165, 1.54) is 29.2 Å². The van der Waals surface area contributed by atoms with Crippen molar-refractivity contribution < 1.29 is 27.4 Å². The number of urea groups is 1. The molecule has 0 unspecified atom stereocenters. The molecule has 1 aliphatic rings. The van der Waals surface area contributed by atoms with Crippen molar-refractivity contribution in [2.45, 2.75) is 0 Å². The summed E-state index contributed by atoms with van der Waals surface area (Å²) in [5, 5.41) is 24.0. The van der Waals surface area contributed by atoms with E-state index < -0.39 is 22.1 Å². The third-order valence-electron chi connectivity index (χ3n) is 4.00. The highest BCUT2D eigenvalue weighted by Crippen LogP contribution is 2.17. The van der Waals surface area contributed by atoms with Crippen LogP contribution in [-0.2, 0) is 10.2 Å². The van der Waals surface area contributed by atoms with Crippen LogP contribution in [0.4, 0.5) is 20.7 Å². The van der Waals surface area contributed by atoms with Crippen molar-refractivity contribution in [2.75, 3.05) is 31.5 Å². The van der Waals surface area contributed by atoms with E-state index in [4.69, 9.17) is 5.14 Å². The lowest BCUT2D eigenvalue weighted by Crippen LogP contribution is -2.53. The molecule has 1 saturated heterocycles. The Balaban J connectivity index is 1.71. The van der Waals surface area contributed by atoms with Crippen molar-refractivity contribution in [3.05, 3.63) is 35.8 Å². The zero-order chi connectivity index (χ0) is 21.0. The predicted molar refractivity (Wildman–Crippen MR) is 97.1 cm³/mol. The van der Waals surface area contributed by atoms with Gasteiger partial charge in [-0.1, -0.05) is 0 Å². The van der Waals surface area contributed by atoms with Crippen molar-refractivity contribution in [2.24, 2.45) is 10.1 Å². The van der Waals surface area contributed by atoms with Gasteiger partial charge in [-0.3, -0.25) is 16.0 Å². The number of anilines is 1. The van der Waals surface area contributed by atoms with Crippen molar-refractivity contribution >= 4 is 33.6 Å². The first-order valence-corrected chi connectivity index (χ1v) is 9.69. The number of amidine groups is 1. The summed E-state index contributed by atoms with van der Waals surface area (Å²) in [7, 11) is -3.82. The molecule has 0 aliphatic carbocycles. The van der Waals surface area contributed by atoms with Crippen molar-refractivity contribution in [1.29, 1.82) is 0 Å². The number of benzene rings is 1. The van der Waals surface area contributed by atoms with Gasteiger partial charge in [0.15, 0.2) is 11.5 Å². The molecule has 0 radical (unpaired) electrons. The number of hydrogen-bond donors (Lipinski definition) is 4. The normalized spacial score (nSPS) is 16.0. The number of nitrogens with one attached hydrogen (secondary N) is 2. The van der Waals surface area contributed by atoms with Gasteiger partial charge in [0, 0.05) is 26.2 Å². The molecule has 0 bridgehead atoms. The molecule has 2 aromatic rings. The van der Waals surface area contributed by atoms with Gasteiger partial charge in [-0.2, -0.15) is 12.7 Å². The Morgan fingerprint density at radius 3 is 2.45 bits per heavy atom. The van der Waals surface area contributed by atoms with Crippen LogP contribution in [0.1, 0.15) is 5.69 Å². The van der Waals surface area contributed by atoms with Gasteiger partial charge in [-0.15, -0.1) is 0 Å². The van der Waals surface area contributed by atoms with Gasteiger partial charge >= 0.3 is 6.03 Å². The van der Waals surface area contributed by atoms with E-state index in [1.807, 2.05) is 5.48 Å². The molecule has 5 N–H and O–H groups in total. The lowest BCUT2D eigenvalue weighted by molar-refractivity contribution is 0.184. The van der Waals surface area contributed by atoms with E-state index >= 15 is 0 Å². The molecule has 156 valence electrons. The lowest BCUT2D eigenvalue weighted by atomic mass is 10.3. The highest BCUT2D eigenvalue weighted by molar-refractivity contribution is 7.86. The molecular weight excluding hydrogens is 411 g/mol. The topological polar surface area (TPSA) is 179 Å². The number of piperazine rings is 1. The highest BCUT2D eigenvalue weighted by atomic mass is 32.2. The fraction of sp³-hybridized carbons (Fsp3) is 0.286. The van der Waals surface area contributed by atoms with Crippen molar-refractivity contribution in [3.8, 4) is 0 Å². The smallest absolute Gasteiger partial charge is 0.322 e. The molecule has 1 aromatic heterocycles. The minimum Gasteiger partial charge on any atom is -0.322 e. The van der Waals surface area contributed by atoms with E-state index in [0.717, 1.165) is 4.31 Å². The molecule has 2 amide bonds. The Hall–Kier alpha value is -3.14. The molecule has 2 heterocycles. The zero-order valence-corrected chi connectivity index (χ0v) is 15.6. The monoisotopic (exact) mass is 428 g/mol. The number of amides is 2. The van der Waals surface area contributed by atoms with Crippen LogP contribution < -0.4 is 15.9 Å². The van der Waals surface area contributed by atoms with Gasteiger partial charge in [0.2, 0.25) is 5.82 Å². The molecule has 1 aliphatic heterocycles. The number of halogens is 1. The summed E-state index contributed by atoms with van der Waals surface area (Å²) >= 11 is 0. The molecule has 0 saturated carbocycles. The Bertz CT molecular complexity index is 1000. The minimum absolute atomic E-state index is 0.0473. The summed E-state index contributed by atoms with van der Waals surface area (Å²) in [6.07, 6.45) is 0. The first-order valence-electron chi connectivity index (χ1n) is 8.19. The Labute approximate surface area is 164 Å². The largest absolute Gasteiger partial charge is 0.323 e. The maximum atomic E-state index is 13.0. The first-order chi connectivity index (χ1) is 13.8. The summed E-state index contributed by atoms with van der Waals surface area (Å²) in [5.74, 6) is -0.792. The van der Waals surface area contributed by atoms with Crippen LogP contribution >= 0.6 is 0 Å². The van der Waals surface area contributed by atoms with Gasteiger partial charge in [-0.05, 0) is 34.6 Å². The fourth-order valence-electron chi connectivity index (χ4n) is 2.53. The summed E-state index contributed by atoms with van der Waals surface area (Å²) in [4.78, 5) is 17.8. The number of rotatable bonds is 4. The van der Waals surface area contributed by atoms with Crippen molar-refractivity contribution in [1.82, 2.24) is 25.0 Å². The number of nitrogens with two attached hydrogens (primary N) is 1. The van der Waals surface area contributed by atoms with Crippen LogP contribution in [0.2, 0.25) is 0 Å². The molecule has 1 aromatic carbocycles. The number of aromatic nitrogens is 2. The summed E-state index contributed by atoms with van der Waals surface area (Å²) in [6.45, 7) is 0.312. The number of aliphatic imine (C=N–C) groups is 1. The summed E-state index contributed by atoms with van der Waals surface area (Å²) in [6, 6.07) is 4.50. The fourth-order valence-corrected chi connectivity index (χ4v) is 3.20. The molecule has 0 atom stereocenters. The second-order valence-corrected chi connectivity index (χ2v) is 7.42. The van der Waals surface area contributed by atoms with E-state index in [1.54, 1.807) is 0 Å². The maximum Gasteiger partial charge on any atom is 0.323 e. The van der Waals surface area contributed by atoms with Crippen LogP contribution in [0.25, 0.3) is 0 Å². The van der Waals surface area contributed by atoms with Gasteiger partial charge in [-0.25, -0.2) is 23.9 Å². The van der Waals surface area contributed by atoms with Crippen molar-refractivity contribution in [3.63, 3.8) is 0 Å². The molecule has 0 spiro atoms. The standard InChI is InChI=1S/C14H17FN8O5S/c15-9-1-3-10(4-2-9)17-12(19-25)11-13(21-28-20-11)18-14(24)22-5-7-23(8-6-22)29(16,26)27/h1-4,25H,5-8H2,(H,17,19)(H2,16,26,27)(H,18,21,24). The number of hydrogen-bond acceptors (Lipinski definition) is 8. The first kappa shape index (κ1) is 20.6. The van der Waals surface area contributed by atoms with E-state index in [0.29, 0.717) is 5.69 Å². The SMILES string of the molecule is NS(=O)(=O)N1CCN(C(=O)Nc2nonc2C(=Nc2ccc(F)cc2)NO)CC1. The quantitative estimate of drug-likeness (QED) is 0.289. The molecular formula is C14H17FN8O5S. The highest BCUT2D eigenvalue weighted by Gasteiger charge is 2.28. The van der Waals surface area contributed by atoms with Crippen LogP contribution in [0.5, 0.6) is 0 Å². The molecule has 3 rings (SSSR count).